The number of amides is 1. The van der Waals surface area contributed by atoms with Gasteiger partial charge in [0, 0.05) is 25.7 Å². The number of carbonyl (C=O) groups excluding carboxylic acids is 1. The molecule has 2 heterocycles. The molecule has 0 saturated carbocycles. The molecule has 3 N–H and O–H groups in total. The molecule has 0 unspecified atom stereocenters. The number of nitrogens with zero attached hydrogens (tertiary/aromatic N) is 2. The minimum Gasteiger partial charge on any atom is -0.387 e. The lowest BCUT2D eigenvalue weighted by Gasteiger charge is -2.41. The molecular formula is C19H28FN3O3. The predicted octanol–water partition coefficient (Wildman–Crippen LogP) is 1.12. The van der Waals surface area contributed by atoms with Crippen LogP contribution in [-0.2, 0) is 9.53 Å². The topological polar surface area (TPSA) is 79.0 Å². The molecule has 2 aliphatic heterocycles. The van der Waals surface area contributed by atoms with Gasteiger partial charge < -0.3 is 25.4 Å². The maximum absolute atomic E-state index is 13.9. The first-order valence-corrected chi connectivity index (χ1v) is 9.37. The Labute approximate surface area is 153 Å². The highest BCUT2D eigenvalue weighted by Gasteiger charge is 2.33. The number of aliphatic hydroxyl groups excluding tert-OH is 1. The number of rotatable bonds is 5. The van der Waals surface area contributed by atoms with Crippen molar-refractivity contribution in [1.29, 1.82) is 0 Å². The number of para-hydroxylation sites is 1. The zero-order valence-electron chi connectivity index (χ0n) is 15.0. The first kappa shape index (κ1) is 19.1. The lowest BCUT2D eigenvalue weighted by Crippen LogP contribution is -2.57. The number of piperidine rings is 2. The van der Waals surface area contributed by atoms with Gasteiger partial charge in [-0.25, -0.2) is 4.39 Å². The molecule has 6 nitrogen and oxygen atoms in total. The molecule has 0 spiro atoms. The van der Waals surface area contributed by atoms with E-state index in [0.717, 1.165) is 38.8 Å². The molecule has 0 aliphatic carbocycles. The molecule has 2 saturated heterocycles. The summed E-state index contributed by atoms with van der Waals surface area (Å²) in [7, 11) is 0. The summed E-state index contributed by atoms with van der Waals surface area (Å²) < 4.78 is 20.0. The van der Waals surface area contributed by atoms with Gasteiger partial charge in [-0.15, -0.1) is 0 Å². The lowest BCUT2D eigenvalue weighted by atomic mass is 9.97. The average Bonchev–Trinajstić information content (AvgIpc) is 2.67. The maximum atomic E-state index is 13.9. The number of carbonyl (C=O) groups is 1. The smallest absolute Gasteiger partial charge is 0.248 e. The highest BCUT2D eigenvalue weighted by atomic mass is 19.1. The van der Waals surface area contributed by atoms with Crippen molar-refractivity contribution >= 4 is 11.6 Å². The Bertz CT molecular complexity index is 607. The van der Waals surface area contributed by atoms with E-state index in [4.69, 9.17) is 15.6 Å². The summed E-state index contributed by atoms with van der Waals surface area (Å²) in [5, 5.41) is 9.16. The Morgan fingerprint density at radius 2 is 1.96 bits per heavy atom. The van der Waals surface area contributed by atoms with Gasteiger partial charge in [0.15, 0.2) is 0 Å². The highest BCUT2D eigenvalue weighted by Crippen LogP contribution is 2.25. The van der Waals surface area contributed by atoms with Crippen molar-refractivity contribution in [1.82, 2.24) is 4.90 Å². The van der Waals surface area contributed by atoms with Gasteiger partial charge in [0.2, 0.25) is 5.91 Å². The Morgan fingerprint density at radius 3 is 2.65 bits per heavy atom. The average molecular weight is 365 g/mol. The zero-order chi connectivity index (χ0) is 18.5. The van der Waals surface area contributed by atoms with Crippen LogP contribution in [-0.4, -0.2) is 66.9 Å². The minimum absolute atomic E-state index is 0.0817. The van der Waals surface area contributed by atoms with Crippen LogP contribution in [0.3, 0.4) is 0 Å². The Balaban J connectivity index is 1.51. The molecule has 2 fully saturated rings. The molecule has 0 bridgehead atoms. The van der Waals surface area contributed by atoms with E-state index in [0.29, 0.717) is 18.8 Å². The number of ether oxygens (including phenoxy) is 1. The molecule has 0 radical (unpaired) electrons. The van der Waals surface area contributed by atoms with Gasteiger partial charge >= 0.3 is 0 Å². The number of nitrogens with two attached hydrogens (primary N) is 1. The second-order valence-corrected chi connectivity index (χ2v) is 7.09. The summed E-state index contributed by atoms with van der Waals surface area (Å²) in [5.74, 6) is -0.485. The van der Waals surface area contributed by atoms with Gasteiger partial charge in [-0.3, -0.25) is 4.79 Å². The van der Waals surface area contributed by atoms with E-state index in [9.17, 15) is 9.18 Å². The highest BCUT2D eigenvalue weighted by molar-refractivity contribution is 5.77. The third-order valence-corrected chi connectivity index (χ3v) is 5.42. The zero-order valence-corrected chi connectivity index (χ0v) is 15.0. The van der Waals surface area contributed by atoms with E-state index in [1.807, 2.05) is 11.0 Å². The summed E-state index contributed by atoms with van der Waals surface area (Å²) in [5.41, 5.74) is 6.83. The molecule has 1 aromatic rings. The summed E-state index contributed by atoms with van der Waals surface area (Å²) >= 11 is 0. The first-order valence-electron chi connectivity index (χ1n) is 9.37. The second kappa shape index (κ2) is 8.79. The molecule has 2 aliphatic rings. The van der Waals surface area contributed by atoms with E-state index in [1.165, 1.54) is 6.07 Å². The van der Waals surface area contributed by atoms with Crippen LogP contribution in [0.1, 0.15) is 25.7 Å². The molecule has 2 atom stereocenters. The Morgan fingerprint density at radius 1 is 1.23 bits per heavy atom. The molecule has 3 rings (SSSR count). The molecule has 7 heteroatoms. The number of benzene rings is 1. The summed E-state index contributed by atoms with van der Waals surface area (Å²) in [6, 6.07) is 6.51. The van der Waals surface area contributed by atoms with E-state index >= 15 is 0 Å². The standard InChI is InChI=1S/C19H28FN3O3/c20-15-4-1-2-6-17(15)22-10-7-14(8-11-22)26-13-18-16(21)5-3-9-23(18)19(25)12-24/h1-2,4,6,14,16,18,24H,3,5,7-13,21H2/t16-,18-/m0/s1. The number of likely N-dealkylation sites (tertiary alicyclic amines) is 1. The van der Waals surface area contributed by atoms with Crippen molar-refractivity contribution in [2.45, 2.75) is 43.9 Å². The van der Waals surface area contributed by atoms with Crippen molar-refractivity contribution in [2.75, 3.05) is 37.7 Å². The largest absolute Gasteiger partial charge is 0.387 e. The quantitative estimate of drug-likeness (QED) is 0.818. The summed E-state index contributed by atoms with van der Waals surface area (Å²) in [4.78, 5) is 15.6. The second-order valence-electron chi connectivity index (χ2n) is 7.09. The first-order chi connectivity index (χ1) is 12.6. The van der Waals surface area contributed by atoms with Gasteiger partial charge in [0.1, 0.15) is 12.4 Å². The van der Waals surface area contributed by atoms with E-state index in [-0.39, 0.29) is 29.9 Å². The van der Waals surface area contributed by atoms with Crippen molar-refractivity contribution in [2.24, 2.45) is 5.73 Å². The number of aliphatic hydroxyl groups is 1. The van der Waals surface area contributed by atoms with Crippen LogP contribution < -0.4 is 10.6 Å². The van der Waals surface area contributed by atoms with Gasteiger partial charge in [0.25, 0.3) is 0 Å². The van der Waals surface area contributed by atoms with Crippen LogP contribution in [0.25, 0.3) is 0 Å². The van der Waals surface area contributed by atoms with Crippen LogP contribution in [0.15, 0.2) is 24.3 Å². The van der Waals surface area contributed by atoms with E-state index < -0.39 is 6.61 Å². The molecule has 0 aromatic heterocycles. The van der Waals surface area contributed by atoms with Gasteiger partial charge in [-0.2, -0.15) is 0 Å². The third-order valence-electron chi connectivity index (χ3n) is 5.42. The van der Waals surface area contributed by atoms with Gasteiger partial charge in [-0.1, -0.05) is 12.1 Å². The minimum atomic E-state index is -0.496. The molecule has 26 heavy (non-hydrogen) atoms. The fraction of sp³-hybridized carbons (Fsp3) is 0.632. The maximum Gasteiger partial charge on any atom is 0.248 e. The molecular weight excluding hydrogens is 337 g/mol. The van der Waals surface area contributed by atoms with Crippen LogP contribution in [0.5, 0.6) is 0 Å². The van der Waals surface area contributed by atoms with Crippen molar-refractivity contribution in [3.63, 3.8) is 0 Å². The Kier molecular flexibility index (Phi) is 6.45. The number of halogens is 1. The van der Waals surface area contributed by atoms with E-state index in [1.54, 1.807) is 17.0 Å². The molecule has 1 aromatic carbocycles. The fourth-order valence-corrected chi connectivity index (χ4v) is 3.91. The van der Waals surface area contributed by atoms with Crippen molar-refractivity contribution in [3.05, 3.63) is 30.1 Å². The normalized spacial score (nSPS) is 24.7. The van der Waals surface area contributed by atoms with Crippen LogP contribution >= 0.6 is 0 Å². The summed E-state index contributed by atoms with van der Waals surface area (Å²) in [6.07, 6.45) is 3.41. The van der Waals surface area contributed by atoms with Crippen LogP contribution in [0.2, 0.25) is 0 Å². The van der Waals surface area contributed by atoms with Crippen molar-refractivity contribution < 1.29 is 19.0 Å². The van der Waals surface area contributed by atoms with Gasteiger partial charge in [0.05, 0.1) is 24.4 Å². The number of hydrogen-bond acceptors (Lipinski definition) is 5. The number of anilines is 1. The fourth-order valence-electron chi connectivity index (χ4n) is 3.91. The molecule has 1 amide bonds. The molecule has 144 valence electrons. The van der Waals surface area contributed by atoms with Crippen molar-refractivity contribution in [3.8, 4) is 0 Å². The lowest BCUT2D eigenvalue weighted by molar-refractivity contribution is -0.141. The van der Waals surface area contributed by atoms with Gasteiger partial charge in [-0.05, 0) is 37.8 Å². The Hall–Kier alpha value is -1.70. The summed E-state index contributed by atoms with van der Waals surface area (Å²) in [6.45, 7) is 1.98. The van der Waals surface area contributed by atoms with Crippen LogP contribution in [0, 0.1) is 5.82 Å². The third kappa shape index (κ3) is 4.34. The predicted molar refractivity (Wildman–Crippen MR) is 97.4 cm³/mol. The van der Waals surface area contributed by atoms with E-state index in [2.05, 4.69) is 0 Å². The monoisotopic (exact) mass is 365 g/mol. The van der Waals surface area contributed by atoms with Crippen LogP contribution in [0.4, 0.5) is 10.1 Å². The SMILES string of the molecule is N[C@H]1CCCN(C(=O)CO)[C@H]1COC1CCN(c2ccccc2F)CC1. The number of hydrogen-bond donors (Lipinski definition) is 2.